The van der Waals surface area contributed by atoms with Crippen molar-refractivity contribution in [3.05, 3.63) is 70.9 Å². The molecule has 1 N–H and O–H groups in total. The topological polar surface area (TPSA) is 62.8 Å². The van der Waals surface area contributed by atoms with Crippen LogP contribution in [-0.2, 0) is 4.84 Å². The van der Waals surface area contributed by atoms with E-state index in [0.29, 0.717) is 19.2 Å². The van der Waals surface area contributed by atoms with Gasteiger partial charge in [0.05, 0.1) is 19.3 Å². The lowest BCUT2D eigenvalue weighted by atomic mass is 10.0. The number of aromatic nitrogens is 2. The Hall–Kier alpha value is -3.16. The highest BCUT2D eigenvalue weighted by atomic mass is 16.7. The van der Waals surface area contributed by atoms with E-state index in [-0.39, 0.29) is 6.04 Å². The zero-order valence-electron chi connectivity index (χ0n) is 22.3. The van der Waals surface area contributed by atoms with Gasteiger partial charge in [0.25, 0.3) is 0 Å². The van der Waals surface area contributed by atoms with Gasteiger partial charge in [-0.3, -0.25) is 4.84 Å². The van der Waals surface area contributed by atoms with E-state index in [1.54, 1.807) is 0 Å². The average Bonchev–Trinajstić information content (AvgIpc) is 3.37. The first-order chi connectivity index (χ1) is 17.5. The van der Waals surface area contributed by atoms with E-state index < -0.39 is 0 Å². The highest BCUT2D eigenvalue weighted by Gasteiger charge is 2.30. The number of hydrogen-bond donors (Lipinski definition) is 1. The lowest BCUT2D eigenvalue weighted by Crippen LogP contribution is -2.25. The molecule has 192 valence electrons. The minimum Gasteiger partial charge on any atom is -0.493 e. The van der Waals surface area contributed by atoms with E-state index in [9.17, 15) is 0 Å². The molecule has 1 aromatic heterocycles. The molecule has 7 heteroatoms. The van der Waals surface area contributed by atoms with Crippen molar-refractivity contribution in [1.82, 2.24) is 14.9 Å². The Morgan fingerprint density at radius 2 is 1.78 bits per heavy atom. The summed E-state index contributed by atoms with van der Waals surface area (Å²) in [5, 5.41) is 5.32. The summed E-state index contributed by atoms with van der Waals surface area (Å²) in [6, 6.07) is 14.8. The third-order valence-electron chi connectivity index (χ3n) is 6.72. The molecule has 1 aliphatic rings. The first-order valence-corrected chi connectivity index (χ1v) is 13.0. The molecule has 1 saturated heterocycles. The standard InChI is InChI=1S/C29H39N5O2/c1-6-33(7-2)15-11-16-35-27-21(3)18-25(19-22(27)4)31-29-30-20-23(5)28(32-29)34-26(14-17-36-34)24-12-9-8-10-13-24/h8-10,12-13,18-20,26H,6-7,11,14-17H2,1-5H3,(H,30,31,32)/t26-/m0/s1. The molecule has 0 radical (unpaired) electrons. The Morgan fingerprint density at radius 1 is 1.06 bits per heavy atom. The number of ether oxygens (including phenoxy) is 1. The van der Waals surface area contributed by atoms with Crippen LogP contribution in [0.1, 0.15) is 55.0 Å². The van der Waals surface area contributed by atoms with Gasteiger partial charge < -0.3 is 15.0 Å². The van der Waals surface area contributed by atoms with Gasteiger partial charge in [0, 0.05) is 30.4 Å². The fourth-order valence-electron chi connectivity index (χ4n) is 4.75. The lowest BCUT2D eigenvalue weighted by molar-refractivity contribution is 0.156. The monoisotopic (exact) mass is 489 g/mol. The number of nitrogens with one attached hydrogen (secondary N) is 1. The molecule has 0 saturated carbocycles. The molecule has 36 heavy (non-hydrogen) atoms. The zero-order valence-corrected chi connectivity index (χ0v) is 22.3. The van der Waals surface area contributed by atoms with Crippen LogP contribution in [0.4, 0.5) is 17.5 Å². The Morgan fingerprint density at radius 3 is 2.47 bits per heavy atom. The summed E-state index contributed by atoms with van der Waals surface area (Å²) in [6.45, 7) is 15.2. The molecule has 3 aromatic rings. The van der Waals surface area contributed by atoms with Crippen molar-refractivity contribution < 1.29 is 9.57 Å². The van der Waals surface area contributed by atoms with Crippen molar-refractivity contribution in [3.8, 4) is 5.75 Å². The zero-order chi connectivity index (χ0) is 25.5. The molecule has 1 atom stereocenters. The predicted octanol–water partition coefficient (Wildman–Crippen LogP) is 6.14. The van der Waals surface area contributed by atoms with E-state index in [2.05, 4.69) is 79.3 Å². The van der Waals surface area contributed by atoms with Crippen molar-refractivity contribution in [3.63, 3.8) is 0 Å². The maximum Gasteiger partial charge on any atom is 0.229 e. The third kappa shape index (κ3) is 6.15. The van der Waals surface area contributed by atoms with E-state index in [1.807, 2.05) is 24.3 Å². The Bertz CT molecular complexity index is 1110. The second kappa shape index (κ2) is 12.2. The van der Waals surface area contributed by atoms with Gasteiger partial charge in [-0.2, -0.15) is 4.98 Å². The normalized spacial score (nSPS) is 15.5. The van der Waals surface area contributed by atoms with Gasteiger partial charge >= 0.3 is 0 Å². The fourth-order valence-corrected chi connectivity index (χ4v) is 4.75. The van der Waals surface area contributed by atoms with E-state index >= 15 is 0 Å². The van der Waals surface area contributed by atoms with Crippen LogP contribution < -0.4 is 15.1 Å². The molecule has 0 spiro atoms. The van der Waals surface area contributed by atoms with Crippen LogP contribution in [0.3, 0.4) is 0 Å². The summed E-state index contributed by atoms with van der Waals surface area (Å²) < 4.78 is 6.16. The van der Waals surface area contributed by atoms with Crippen LogP contribution in [0, 0.1) is 20.8 Å². The molecule has 7 nitrogen and oxygen atoms in total. The fraction of sp³-hybridized carbons (Fsp3) is 0.448. The molecular formula is C29H39N5O2. The number of hydrogen-bond acceptors (Lipinski definition) is 7. The number of anilines is 3. The number of benzene rings is 2. The molecule has 0 bridgehead atoms. The second-order valence-corrected chi connectivity index (χ2v) is 9.37. The molecule has 0 amide bonds. The van der Waals surface area contributed by atoms with Crippen LogP contribution in [0.2, 0.25) is 0 Å². The first kappa shape index (κ1) is 25.9. The maximum absolute atomic E-state index is 6.16. The average molecular weight is 490 g/mol. The van der Waals surface area contributed by atoms with Crippen LogP contribution in [0.25, 0.3) is 0 Å². The number of nitrogens with zero attached hydrogens (tertiary/aromatic N) is 4. The quantitative estimate of drug-likeness (QED) is 0.325. The molecule has 1 aliphatic heterocycles. The van der Waals surface area contributed by atoms with Gasteiger partial charge in [0.15, 0.2) is 5.82 Å². The molecule has 2 heterocycles. The van der Waals surface area contributed by atoms with Crippen LogP contribution in [0.5, 0.6) is 5.75 Å². The van der Waals surface area contributed by atoms with Crippen LogP contribution in [-0.4, -0.2) is 47.7 Å². The summed E-state index contributed by atoms with van der Waals surface area (Å²) in [7, 11) is 0. The summed E-state index contributed by atoms with van der Waals surface area (Å²) >= 11 is 0. The first-order valence-electron chi connectivity index (χ1n) is 13.0. The van der Waals surface area contributed by atoms with Gasteiger partial charge in [-0.1, -0.05) is 44.2 Å². The van der Waals surface area contributed by atoms with Gasteiger partial charge in [0.1, 0.15) is 5.75 Å². The van der Waals surface area contributed by atoms with Gasteiger partial charge in [-0.05, 0) is 69.1 Å². The van der Waals surface area contributed by atoms with Crippen LogP contribution >= 0.6 is 0 Å². The minimum atomic E-state index is 0.135. The SMILES string of the molecule is CCN(CC)CCCOc1c(C)cc(Nc2ncc(C)c(N3OCC[C@H]3c3ccccc3)n2)cc1C. The lowest BCUT2D eigenvalue weighted by Gasteiger charge is -2.25. The van der Waals surface area contributed by atoms with Gasteiger partial charge in [-0.25, -0.2) is 10.0 Å². The van der Waals surface area contributed by atoms with Crippen molar-refractivity contribution in [2.45, 2.75) is 53.5 Å². The van der Waals surface area contributed by atoms with Crippen LogP contribution in [0.15, 0.2) is 48.7 Å². The molecule has 2 aromatic carbocycles. The van der Waals surface area contributed by atoms with E-state index in [4.69, 9.17) is 14.6 Å². The second-order valence-electron chi connectivity index (χ2n) is 9.37. The smallest absolute Gasteiger partial charge is 0.229 e. The Labute approximate surface area is 215 Å². The molecule has 1 fully saturated rings. The summed E-state index contributed by atoms with van der Waals surface area (Å²) in [5.41, 5.74) is 5.34. The Kier molecular flexibility index (Phi) is 8.78. The Balaban J connectivity index is 1.46. The highest BCUT2D eigenvalue weighted by molar-refractivity contribution is 5.61. The highest BCUT2D eigenvalue weighted by Crippen LogP contribution is 2.36. The molecule has 0 unspecified atom stereocenters. The van der Waals surface area contributed by atoms with E-state index in [1.165, 1.54) is 5.56 Å². The largest absolute Gasteiger partial charge is 0.493 e. The molecular weight excluding hydrogens is 450 g/mol. The maximum atomic E-state index is 6.16. The number of hydroxylamine groups is 1. The summed E-state index contributed by atoms with van der Waals surface area (Å²) in [5.74, 6) is 2.30. The van der Waals surface area contributed by atoms with Crippen molar-refractivity contribution in [1.29, 1.82) is 0 Å². The summed E-state index contributed by atoms with van der Waals surface area (Å²) in [6.07, 6.45) is 3.79. The van der Waals surface area contributed by atoms with Crippen molar-refractivity contribution in [2.75, 3.05) is 43.2 Å². The van der Waals surface area contributed by atoms with Crippen molar-refractivity contribution in [2.24, 2.45) is 0 Å². The number of rotatable bonds is 11. The van der Waals surface area contributed by atoms with E-state index in [0.717, 1.165) is 66.4 Å². The minimum absolute atomic E-state index is 0.135. The summed E-state index contributed by atoms with van der Waals surface area (Å²) in [4.78, 5) is 17.8. The predicted molar refractivity (Wildman–Crippen MR) is 146 cm³/mol. The molecule has 0 aliphatic carbocycles. The third-order valence-corrected chi connectivity index (χ3v) is 6.72. The molecule has 4 rings (SSSR count). The number of aryl methyl sites for hydroxylation is 3. The van der Waals surface area contributed by atoms with Gasteiger partial charge in [-0.15, -0.1) is 0 Å². The van der Waals surface area contributed by atoms with Gasteiger partial charge in [0.2, 0.25) is 5.95 Å². The van der Waals surface area contributed by atoms with Crippen molar-refractivity contribution >= 4 is 17.5 Å².